The van der Waals surface area contributed by atoms with Gasteiger partial charge in [0.05, 0.1) is 10.6 Å². The van der Waals surface area contributed by atoms with Crippen LogP contribution in [0.3, 0.4) is 0 Å². The summed E-state index contributed by atoms with van der Waals surface area (Å²) in [5, 5.41) is 3.06. The molecule has 1 N–H and O–H groups in total. The Morgan fingerprint density at radius 2 is 1.32 bits per heavy atom. The average molecular weight is 612 g/mol. The van der Waals surface area contributed by atoms with Gasteiger partial charge in [-0.2, -0.15) is 0 Å². The Labute approximate surface area is 261 Å². The SMILES string of the molecule is Cc1ccc(CN(C(=O)CN(c2ccccc2C)S(=O)(=O)c2ccccc2)[C@@H](Cc2ccccc2)C(=O)NC(C)(C)C)cc1. The summed E-state index contributed by atoms with van der Waals surface area (Å²) in [5.41, 5.74) is 3.34. The summed E-state index contributed by atoms with van der Waals surface area (Å²) < 4.78 is 29.4. The molecule has 44 heavy (non-hydrogen) atoms. The molecule has 0 radical (unpaired) electrons. The number of benzene rings is 4. The van der Waals surface area contributed by atoms with Crippen molar-refractivity contribution in [3.8, 4) is 0 Å². The fraction of sp³-hybridized carbons (Fsp3) is 0.278. The summed E-state index contributed by atoms with van der Waals surface area (Å²) in [5.74, 6) is -0.798. The minimum absolute atomic E-state index is 0.0763. The van der Waals surface area contributed by atoms with Crippen LogP contribution in [0.4, 0.5) is 5.69 Å². The van der Waals surface area contributed by atoms with Crippen molar-refractivity contribution >= 4 is 27.5 Å². The third-order valence-corrected chi connectivity index (χ3v) is 9.01. The van der Waals surface area contributed by atoms with E-state index in [-0.39, 0.29) is 23.8 Å². The van der Waals surface area contributed by atoms with E-state index in [4.69, 9.17) is 0 Å². The van der Waals surface area contributed by atoms with E-state index in [0.717, 1.165) is 21.0 Å². The van der Waals surface area contributed by atoms with Crippen LogP contribution < -0.4 is 9.62 Å². The van der Waals surface area contributed by atoms with Crippen molar-refractivity contribution in [2.24, 2.45) is 0 Å². The largest absolute Gasteiger partial charge is 0.350 e. The van der Waals surface area contributed by atoms with Crippen molar-refractivity contribution in [3.05, 3.63) is 131 Å². The normalized spacial score (nSPS) is 12.3. The van der Waals surface area contributed by atoms with Crippen LogP contribution in [-0.2, 0) is 32.6 Å². The van der Waals surface area contributed by atoms with Gasteiger partial charge in [0.25, 0.3) is 10.0 Å². The number of sulfonamides is 1. The van der Waals surface area contributed by atoms with Gasteiger partial charge in [-0.25, -0.2) is 8.42 Å². The molecule has 1 atom stereocenters. The van der Waals surface area contributed by atoms with E-state index in [9.17, 15) is 18.0 Å². The van der Waals surface area contributed by atoms with Gasteiger partial charge < -0.3 is 10.2 Å². The number of nitrogens with one attached hydrogen (secondary N) is 1. The third kappa shape index (κ3) is 8.35. The molecule has 7 nitrogen and oxygen atoms in total. The Hall–Kier alpha value is -4.43. The number of aryl methyl sites for hydroxylation is 2. The van der Waals surface area contributed by atoms with Gasteiger partial charge in [0.1, 0.15) is 12.6 Å². The number of hydrogen-bond donors (Lipinski definition) is 1. The van der Waals surface area contributed by atoms with Crippen molar-refractivity contribution in [2.75, 3.05) is 10.8 Å². The smallest absolute Gasteiger partial charge is 0.264 e. The van der Waals surface area contributed by atoms with Gasteiger partial charge in [0, 0.05) is 18.5 Å². The van der Waals surface area contributed by atoms with E-state index in [1.807, 2.05) is 101 Å². The molecule has 0 aliphatic carbocycles. The Morgan fingerprint density at radius 3 is 1.91 bits per heavy atom. The van der Waals surface area contributed by atoms with E-state index < -0.39 is 34.1 Å². The van der Waals surface area contributed by atoms with Crippen LogP contribution in [0, 0.1) is 13.8 Å². The number of rotatable bonds is 11. The summed E-state index contributed by atoms with van der Waals surface area (Å²) in [4.78, 5) is 30.1. The lowest BCUT2D eigenvalue weighted by Crippen LogP contribution is -2.56. The first-order chi connectivity index (χ1) is 20.8. The maximum atomic E-state index is 14.5. The van der Waals surface area contributed by atoms with Crippen LogP contribution in [0.2, 0.25) is 0 Å². The van der Waals surface area contributed by atoms with Gasteiger partial charge in [-0.05, 0) is 69.5 Å². The molecule has 2 amide bonds. The number of anilines is 1. The number of nitrogens with zero attached hydrogens (tertiary/aromatic N) is 2. The Bertz CT molecular complexity index is 1670. The van der Waals surface area contributed by atoms with Gasteiger partial charge in [0.2, 0.25) is 11.8 Å². The van der Waals surface area contributed by atoms with Crippen LogP contribution in [-0.4, -0.2) is 43.3 Å². The number of hydrogen-bond acceptors (Lipinski definition) is 4. The molecule has 0 aromatic heterocycles. The molecule has 0 fully saturated rings. The maximum Gasteiger partial charge on any atom is 0.264 e. The number of carbonyl (C=O) groups excluding carboxylic acids is 2. The molecule has 8 heteroatoms. The van der Waals surface area contributed by atoms with Crippen LogP contribution in [0.1, 0.15) is 43.0 Å². The lowest BCUT2D eigenvalue weighted by Gasteiger charge is -2.35. The zero-order valence-corrected chi connectivity index (χ0v) is 26.8. The molecule has 0 bridgehead atoms. The van der Waals surface area contributed by atoms with Crippen LogP contribution in [0.15, 0.2) is 114 Å². The van der Waals surface area contributed by atoms with E-state index in [0.29, 0.717) is 11.3 Å². The quantitative estimate of drug-likeness (QED) is 0.224. The summed E-state index contributed by atoms with van der Waals surface area (Å²) >= 11 is 0. The molecule has 230 valence electrons. The number of para-hydroxylation sites is 1. The summed E-state index contributed by atoms with van der Waals surface area (Å²) in [6, 6.07) is 31.6. The average Bonchev–Trinajstić information content (AvgIpc) is 2.99. The topological polar surface area (TPSA) is 86.8 Å². The van der Waals surface area contributed by atoms with Crippen molar-refractivity contribution in [3.63, 3.8) is 0 Å². The fourth-order valence-electron chi connectivity index (χ4n) is 4.97. The van der Waals surface area contributed by atoms with Gasteiger partial charge in [0.15, 0.2) is 0 Å². The third-order valence-electron chi connectivity index (χ3n) is 7.24. The highest BCUT2D eigenvalue weighted by molar-refractivity contribution is 7.92. The first-order valence-corrected chi connectivity index (χ1v) is 16.1. The molecule has 0 saturated carbocycles. The molecule has 0 spiro atoms. The van der Waals surface area contributed by atoms with Crippen LogP contribution in [0.5, 0.6) is 0 Å². The van der Waals surface area contributed by atoms with Gasteiger partial charge in [-0.15, -0.1) is 0 Å². The van der Waals surface area contributed by atoms with Crippen molar-refractivity contribution in [2.45, 2.75) is 64.1 Å². The molecule has 0 saturated heterocycles. The van der Waals surface area contributed by atoms with E-state index in [1.165, 1.54) is 17.0 Å². The molecule has 4 rings (SSSR count). The van der Waals surface area contributed by atoms with Gasteiger partial charge >= 0.3 is 0 Å². The van der Waals surface area contributed by atoms with Crippen LogP contribution in [0.25, 0.3) is 0 Å². The standard InChI is InChI=1S/C36H41N3O4S/c1-27-20-22-30(23-21-27)25-38(33(35(41)37-36(3,4)5)24-29-15-8-6-9-16-29)34(40)26-39(32-19-13-12-14-28(32)2)44(42,43)31-17-10-7-11-18-31/h6-23,33H,24-26H2,1-5H3,(H,37,41)/t33-/m0/s1. The molecule has 4 aromatic rings. The van der Waals surface area contributed by atoms with Gasteiger partial charge in [-0.3, -0.25) is 13.9 Å². The second-order valence-corrected chi connectivity index (χ2v) is 13.9. The van der Waals surface area contributed by atoms with E-state index in [2.05, 4.69) is 5.32 Å². The zero-order valence-electron chi connectivity index (χ0n) is 26.0. The predicted octanol–water partition coefficient (Wildman–Crippen LogP) is 6.05. The zero-order chi connectivity index (χ0) is 31.9. The van der Waals surface area contributed by atoms with Crippen LogP contribution >= 0.6 is 0 Å². The molecular formula is C36H41N3O4S. The maximum absolute atomic E-state index is 14.5. The van der Waals surface area contributed by atoms with E-state index >= 15 is 0 Å². The van der Waals surface area contributed by atoms with Gasteiger partial charge in [-0.1, -0.05) is 96.6 Å². The molecule has 4 aromatic carbocycles. The first-order valence-electron chi connectivity index (χ1n) is 14.7. The molecule has 0 heterocycles. The fourth-order valence-corrected chi connectivity index (χ4v) is 6.47. The Morgan fingerprint density at radius 1 is 0.750 bits per heavy atom. The molecular weight excluding hydrogens is 570 g/mol. The van der Waals surface area contributed by atoms with Crippen molar-refractivity contribution < 1.29 is 18.0 Å². The van der Waals surface area contributed by atoms with E-state index in [1.54, 1.807) is 30.3 Å². The lowest BCUT2D eigenvalue weighted by molar-refractivity contribution is -0.140. The highest BCUT2D eigenvalue weighted by Gasteiger charge is 2.35. The Kier molecular flexibility index (Phi) is 10.3. The minimum atomic E-state index is -4.13. The van der Waals surface area contributed by atoms with Crippen molar-refractivity contribution in [1.29, 1.82) is 0 Å². The highest BCUT2D eigenvalue weighted by Crippen LogP contribution is 2.27. The number of amides is 2. The second-order valence-electron chi connectivity index (χ2n) is 12.1. The molecule has 0 unspecified atom stereocenters. The molecule has 0 aliphatic heterocycles. The Balaban J connectivity index is 1.82. The minimum Gasteiger partial charge on any atom is -0.350 e. The summed E-state index contributed by atoms with van der Waals surface area (Å²) in [7, 11) is -4.13. The highest BCUT2D eigenvalue weighted by atomic mass is 32.2. The lowest BCUT2D eigenvalue weighted by atomic mass is 10.0. The monoisotopic (exact) mass is 611 g/mol. The predicted molar refractivity (Wildman–Crippen MR) is 176 cm³/mol. The second kappa shape index (κ2) is 13.9. The van der Waals surface area contributed by atoms with Crippen molar-refractivity contribution in [1.82, 2.24) is 10.2 Å². The molecule has 0 aliphatic rings. The summed E-state index contributed by atoms with van der Waals surface area (Å²) in [6.07, 6.45) is 0.260. The summed E-state index contributed by atoms with van der Waals surface area (Å²) in [6.45, 7) is 9.11. The first kappa shape index (κ1) is 32.5. The number of carbonyl (C=O) groups is 2.